The Kier molecular flexibility index (Phi) is 5.84. The van der Waals surface area contributed by atoms with Crippen LogP contribution in [-0.4, -0.2) is 37.6 Å². The Bertz CT molecular complexity index is 729. The summed E-state index contributed by atoms with van der Waals surface area (Å²) in [6.07, 6.45) is 1.90. The number of hydrogen-bond donors (Lipinski definition) is 2. The lowest BCUT2D eigenvalue weighted by atomic mass is 9.85. The molecule has 0 bridgehead atoms. The van der Waals surface area contributed by atoms with Crippen LogP contribution in [0.2, 0.25) is 0 Å². The van der Waals surface area contributed by atoms with E-state index in [0.29, 0.717) is 17.4 Å². The van der Waals surface area contributed by atoms with E-state index in [9.17, 15) is 9.59 Å². The van der Waals surface area contributed by atoms with Crippen LogP contribution in [0.3, 0.4) is 0 Å². The predicted molar refractivity (Wildman–Crippen MR) is 89.5 cm³/mol. The Labute approximate surface area is 145 Å². The van der Waals surface area contributed by atoms with Crippen molar-refractivity contribution in [3.8, 4) is 11.5 Å². The summed E-state index contributed by atoms with van der Waals surface area (Å²) in [5.74, 6) is -0.524. The molecule has 2 N–H and O–H groups in total. The van der Waals surface area contributed by atoms with E-state index in [-0.39, 0.29) is 31.1 Å². The molecular formula is C17H22N4O4. The normalized spacial score (nSPS) is 13.4. The highest BCUT2D eigenvalue weighted by molar-refractivity contribution is 5.78. The van der Waals surface area contributed by atoms with Gasteiger partial charge in [0.2, 0.25) is 17.6 Å². The third-order valence-corrected chi connectivity index (χ3v) is 4.15. The maximum atomic E-state index is 12.2. The number of carboxylic acid groups (broad SMARTS) is 1. The van der Waals surface area contributed by atoms with Gasteiger partial charge in [0.25, 0.3) is 0 Å². The van der Waals surface area contributed by atoms with Gasteiger partial charge in [0, 0.05) is 24.6 Å². The van der Waals surface area contributed by atoms with Gasteiger partial charge in [0.1, 0.15) is 5.69 Å². The summed E-state index contributed by atoms with van der Waals surface area (Å²) >= 11 is 0. The number of aryl methyl sites for hydroxylation is 1. The molecule has 0 fully saturated rings. The molecule has 2 aromatic rings. The number of pyridine rings is 1. The van der Waals surface area contributed by atoms with Gasteiger partial charge in [0.15, 0.2) is 0 Å². The Balaban J connectivity index is 1.94. The van der Waals surface area contributed by atoms with E-state index in [4.69, 9.17) is 9.63 Å². The molecule has 8 nitrogen and oxygen atoms in total. The van der Waals surface area contributed by atoms with E-state index in [1.165, 1.54) is 0 Å². The van der Waals surface area contributed by atoms with Crippen LogP contribution < -0.4 is 5.32 Å². The monoisotopic (exact) mass is 346 g/mol. The molecule has 1 unspecified atom stereocenters. The first-order valence-corrected chi connectivity index (χ1v) is 8.07. The van der Waals surface area contributed by atoms with Gasteiger partial charge in [-0.1, -0.05) is 25.1 Å². The average Bonchev–Trinajstić information content (AvgIpc) is 3.02. The van der Waals surface area contributed by atoms with Gasteiger partial charge in [-0.25, -0.2) is 0 Å². The lowest BCUT2D eigenvalue weighted by molar-refractivity contribution is -0.139. The van der Waals surface area contributed by atoms with Crippen LogP contribution in [0.15, 0.2) is 28.9 Å². The number of nitrogens with one attached hydrogen (secondary N) is 1. The molecule has 0 aliphatic heterocycles. The molecule has 2 rings (SSSR count). The van der Waals surface area contributed by atoms with Crippen LogP contribution in [0, 0.1) is 5.92 Å². The van der Waals surface area contributed by atoms with Crippen LogP contribution >= 0.6 is 0 Å². The van der Waals surface area contributed by atoms with E-state index in [1.54, 1.807) is 25.3 Å². The van der Waals surface area contributed by atoms with Crippen molar-refractivity contribution >= 4 is 11.9 Å². The van der Waals surface area contributed by atoms with E-state index in [1.807, 2.05) is 19.9 Å². The van der Waals surface area contributed by atoms with Crippen molar-refractivity contribution in [2.24, 2.45) is 5.92 Å². The molecular weight excluding hydrogens is 324 g/mol. The number of carbonyl (C=O) groups excluding carboxylic acids is 1. The van der Waals surface area contributed by atoms with Crippen molar-refractivity contribution in [3.63, 3.8) is 0 Å². The van der Waals surface area contributed by atoms with Gasteiger partial charge in [-0.2, -0.15) is 4.98 Å². The number of aliphatic carboxylic acids is 1. The minimum atomic E-state index is -0.951. The fourth-order valence-electron chi connectivity index (χ4n) is 2.26. The lowest BCUT2D eigenvalue weighted by Gasteiger charge is -2.33. The summed E-state index contributed by atoms with van der Waals surface area (Å²) in [5, 5.41) is 15.7. The zero-order chi connectivity index (χ0) is 18.4. The number of nitrogens with zero attached hydrogens (tertiary/aromatic N) is 3. The van der Waals surface area contributed by atoms with E-state index < -0.39 is 11.5 Å². The minimum absolute atomic E-state index is 0.0216. The van der Waals surface area contributed by atoms with E-state index in [2.05, 4.69) is 20.4 Å². The second-order valence-corrected chi connectivity index (χ2v) is 6.42. The lowest BCUT2D eigenvalue weighted by Crippen LogP contribution is -2.51. The van der Waals surface area contributed by atoms with Gasteiger partial charge in [-0.05, 0) is 25.0 Å². The fraction of sp³-hybridized carbons (Fsp3) is 0.471. The number of carbonyl (C=O) groups is 2. The summed E-state index contributed by atoms with van der Waals surface area (Å²) in [6, 6.07) is 5.38. The molecule has 0 aromatic carbocycles. The molecule has 0 aliphatic rings. The zero-order valence-corrected chi connectivity index (χ0v) is 14.5. The maximum absolute atomic E-state index is 12.2. The molecule has 2 heterocycles. The molecule has 0 aliphatic carbocycles. The topological polar surface area (TPSA) is 118 Å². The molecule has 0 saturated heterocycles. The SMILES string of the molecule is CC(C)C(C)(CC(=O)O)NC(=O)CCc1nc(-c2ccccn2)no1. The summed E-state index contributed by atoms with van der Waals surface area (Å²) in [4.78, 5) is 31.6. The van der Waals surface area contributed by atoms with Gasteiger partial charge >= 0.3 is 5.97 Å². The van der Waals surface area contributed by atoms with E-state index >= 15 is 0 Å². The molecule has 25 heavy (non-hydrogen) atoms. The van der Waals surface area contributed by atoms with Crippen LogP contribution in [-0.2, 0) is 16.0 Å². The maximum Gasteiger partial charge on any atom is 0.305 e. The van der Waals surface area contributed by atoms with E-state index in [0.717, 1.165) is 0 Å². The van der Waals surface area contributed by atoms with Gasteiger partial charge in [-0.15, -0.1) is 0 Å². The molecule has 0 radical (unpaired) electrons. The van der Waals surface area contributed by atoms with Crippen LogP contribution in [0.5, 0.6) is 0 Å². The van der Waals surface area contributed by atoms with Crippen molar-refractivity contribution in [1.29, 1.82) is 0 Å². The second-order valence-electron chi connectivity index (χ2n) is 6.42. The third kappa shape index (κ3) is 5.10. The van der Waals surface area contributed by atoms with Crippen molar-refractivity contribution in [2.45, 2.75) is 45.6 Å². The molecule has 0 spiro atoms. The fourth-order valence-corrected chi connectivity index (χ4v) is 2.26. The van der Waals surface area contributed by atoms with Crippen molar-refractivity contribution in [1.82, 2.24) is 20.4 Å². The quantitative estimate of drug-likeness (QED) is 0.751. The van der Waals surface area contributed by atoms with Crippen LogP contribution in [0.25, 0.3) is 11.5 Å². The Morgan fingerprint density at radius 3 is 2.72 bits per heavy atom. The molecule has 134 valence electrons. The second kappa shape index (κ2) is 7.87. The Hall–Kier alpha value is -2.77. The third-order valence-electron chi connectivity index (χ3n) is 4.15. The number of rotatable bonds is 8. The Morgan fingerprint density at radius 2 is 2.12 bits per heavy atom. The zero-order valence-electron chi connectivity index (χ0n) is 14.5. The highest BCUT2D eigenvalue weighted by Gasteiger charge is 2.32. The van der Waals surface area contributed by atoms with Crippen molar-refractivity contribution < 1.29 is 19.2 Å². The summed E-state index contributed by atoms with van der Waals surface area (Å²) in [7, 11) is 0. The predicted octanol–water partition coefficient (Wildman–Crippen LogP) is 2.07. The molecule has 2 aromatic heterocycles. The number of aromatic nitrogens is 3. The average molecular weight is 346 g/mol. The number of carboxylic acids is 1. The van der Waals surface area contributed by atoms with Gasteiger partial charge in [-0.3, -0.25) is 14.6 Å². The number of amides is 1. The van der Waals surface area contributed by atoms with Crippen molar-refractivity contribution in [2.75, 3.05) is 0 Å². The first-order chi connectivity index (χ1) is 11.8. The minimum Gasteiger partial charge on any atom is -0.481 e. The van der Waals surface area contributed by atoms with Crippen molar-refractivity contribution in [3.05, 3.63) is 30.3 Å². The largest absolute Gasteiger partial charge is 0.481 e. The molecule has 1 atom stereocenters. The van der Waals surface area contributed by atoms with Gasteiger partial charge < -0.3 is 14.9 Å². The summed E-state index contributed by atoms with van der Waals surface area (Å²) in [5.41, 5.74) is -0.215. The van der Waals surface area contributed by atoms with Crippen LogP contribution in [0.1, 0.15) is 39.5 Å². The Morgan fingerprint density at radius 1 is 1.36 bits per heavy atom. The van der Waals surface area contributed by atoms with Crippen LogP contribution in [0.4, 0.5) is 0 Å². The molecule has 8 heteroatoms. The van der Waals surface area contributed by atoms with Gasteiger partial charge in [0.05, 0.1) is 6.42 Å². The summed E-state index contributed by atoms with van der Waals surface area (Å²) in [6.45, 7) is 5.48. The number of hydrogen-bond acceptors (Lipinski definition) is 6. The standard InChI is InChI=1S/C17H22N4O4/c1-11(2)17(3,10-15(23)24)20-13(22)7-8-14-19-16(21-25-14)12-6-4-5-9-18-12/h4-6,9,11H,7-8,10H2,1-3H3,(H,20,22)(H,23,24). The molecule has 1 amide bonds. The highest BCUT2D eigenvalue weighted by Crippen LogP contribution is 2.21. The summed E-state index contributed by atoms with van der Waals surface area (Å²) < 4.78 is 5.14. The smallest absolute Gasteiger partial charge is 0.305 e. The molecule has 0 saturated carbocycles. The first-order valence-electron chi connectivity index (χ1n) is 8.07. The first kappa shape index (κ1) is 18.6. The highest BCUT2D eigenvalue weighted by atomic mass is 16.5.